The zero-order valence-corrected chi connectivity index (χ0v) is 6.83. The number of alkyl halides is 5. The third-order valence-electron chi connectivity index (χ3n) is 1.53. The molecule has 1 aromatic heterocycles. The number of halogens is 6. The molecule has 0 spiro atoms. The molecule has 1 N–H and O–H groups in total. The Bertz CT molecular complexity index is 420. The number of rotatable bonds is 1. The van der Waals surface area contributed by atoms with Crippen molar-refractivity contribution in [3.63, 3.8) is 0 Å². The van der Waals surface area contributed by atoms with Crippen LogP contribution in [0.15, 0.2) is 10.9 Å². The van der Waals surface area contributed by atoms with Crippen LogP contribution in [-0.2, 0) is 6.18 Å². The lowest BCUT2D eigenvalue weighted by Crippen LogP contribution is -2.20. The van der Waals surface area contributed by atoms with Crippen LogP contribution in [-0.4, -0.2) is 4.98 Å². The number of hydrogen-bond acceptors (Lipinski definition) is 1. The van der Waals surface area contributed by atoms with E-state index < -0.39 is 35.2 Å². The Balaban J connectivity index is 3.55. The lowest BCUT2D eigenvalue weighted by Gasteiger charge is -2.12. The van der Waals surface area contributed by atoms with Crippen molar-refractivity contribution in [1.29, 1.82) is 0 Å². The van der Waals surface area contributed by atoms with Crippen molar-refractivity contribution in [2.75, 3.05) is 0 Å². The van der Waals surface area contributed by atoms with E-state index in [1.54, 1.807) is 0 Å². The van der Waals surface area contributed by atoms with Gasteiger partial charge >= 0.3 is 6.18 Å². The predicted molar refractivity (Wildman–Crippen MR) is 37.0 cm³/mol. The number of pyridine rings is 1. The molecular formula is C7H3F6NO. The number of aromatic amines is 1. The Labute approximate surface area is 78.5 Å². The molecule has 15 heavy (non-hydrogen) atoms. The molecule has 2 nitrogen and oxygen atoms in total. The quantitative estimate of drug-likeness (QED) is 0.740. The van der Waals surface area contributed by atoms with E-state index in [-0.39, 0.29) is 6.07 Å². The highest BCUT2D eigenvalue weighted by Gasteiger charge is 2.39. The summed E-state index contributed by atoms with van der Waals surface area (Å²) < 4.78 is 73.2. The summed E-state index contributed by atoms with van der Waals surface area (Å²) in [6, 6.07) is -0.0330. The van der Waals surface area contributed by atoms with Gasteiger partial charge in [0.2, 0.25) is 0 Å². The van der Waals surface area contributed by atoms with E-state index in [1.807, 2.05) is 0 Å². The largest absolute Gasteiger partial charge is 0.421 e. The molecule has 1 aromatic rings. The second kappa shape index (κ2) is 3.59. The van der Waals surface area contributed by atoms with Crippen molar-refractivity contribution >= 4 is 0 Å². The van der Waals surface area contributed by atoms with Crippen LogP contribution >= 0.6 is 0 Å². The molecule has 1 rings (SSSR count). The molecular weight excluding hydrogens is 228 g/mol. The first-order valence-corrected chi connectivity index (χ1v) is 3.51. The molecule has 0 fully saturated rings. The lowest BCUT2D eigenvalue weighted by molar-refractivity contribution is -0.142. The molecule has 84 valence electrons. The molecule has 8 heteroatoms. The summed E-state index contributed by atoms with van der Waals surface area (Å²) >= 11 is 0. The van der Waals surface area contributed by atoms with E-state index in [1.165, 1.54) is 4.98 Å². The van der Waals surface area contributed by atoms with Gasteiger partial charge in [0.25, 0.3) is 12.0 Å². The summed E-state index contributed by atoms with van der Waals surface area (Å²) in [7, 11) is 0. The highest BCUT2D eigenvalue weighted by molar-refractivity contribution is 5.25. The summed E-state index contributed by atoms with van der Waals surface area (Å²) in [6.07, 6.45) is -8.88. The predicted octanol–water partition coefficient (Wildman–Crippen LogP) is 2.47. The van der Waals surface area contributed by atoms with Gasteiger partial charge in [-0.1, -0.05) is 0 Å². The third-order valence-corrected chi connectivity index (χ3v) is 1.53. The Morgan fingerprint density at radius 3 is 2.20 bits per heavy atom. The molecule has 0 aliphatic rings. The molecule has 0 aliphatic heterocycles. The van der Waals surface area contributed by atoms with Gasteiger partial charge in [-0.15, -0.1) is 0 Å². The van der Waals surface area contributed by atoms with Crippen molar-refractivity contribution in [2.24, 2.45) is 0 Å². The smallest absolute Gasteiger partial charge is 0.320 e. The summed E-state index contributed by atoms with van der Waals surface area (Å²) in [5.41, 5.74) is -5.25. The van der Waals surface area contributed by atoms with Gasteiger partial charge in [-0.3, -0.25) is 4.79 Å². The van der Waals surface area contributed by atoms with Crippen LogP contribution in [0, 0.1) is 5.82 Å². The Hall–Kier alpha value is -1.47. The van der Waals surface area contributed by atoms with Crippen molar-refractivity contribution in [2.45, 2.75) is 12.6 Å². The Morgan fingerprint density at radius 1 is 1.27 bits per heavy atom. The highest BCUT2D eigenvalue weighted by atomic mass is 19.4. The maximum atomic E-state index is 12.7. The van der Waals surface area contributed by atoms with E-state index in [9.17, 15) is 31.1 Å². The Morgan fingerprint density at radius 2 is 1.80 bits per heavy atom. The van der Waals surface area contributed by atoms with Crippen molar-refractivity contribution < 1.29 is 26.3 Å². The van der Waals surface area contributed by atoms with Gasteiger partial charge < -0.3 is 4.98 Å². The maximum Gasteiger partial charge on any atom is 0.421 e. The molecule has 0 atom stereocenters. The topological polar surface area (TPSA) is 32.9 Å². The van der Waals surface area contributed by atoms with Gasteiger partial charge in [0, 0.05) is 6.07 Å². The van der Waals surface area contributed by atoms with Gasteiger partial charge in [0.05, 0.1) is 5.69 Å². The van der Waals surface area contributed by atoms with E-state index >= 15 is 0 Å². The normalized spacial score (nSPS) is 12.2. The second-order valence-electron chi connectivity index (χ2n) is 2.57. The first kappa shape index (κ1) is 11.6. The zero-order valence-electron chi connectivity index (χ0n) is 6.83. The van der Waals surface area contributed by atoms with Gasteiger partial charge in [-0.05, 0) is 0 Å². The zero-order chi connectivity index (χ0) is 11.8. The first-order chi connectivity index (χ1) is 6.73. The molecule has 0 amide bonds. The van der Waals surface area contributed by atoms with E-state index in [0.29, 0.717) is 0 Å². The minimum atomic E-state index is -5.28. The highest BCUT2D eigenvalue weighted by Crippen LogP contribution is 2.36. The molecule has 0 saturated carbocycles. The van der Waals surface area contributed by atoms with Crippen LogP contribution in [0.5, 0.6) is 0 Å². The van der Waals surface area contributed by atoms with E-state index in [0.717, 1.165) is 0 Å². The lowest BCUT2D eigenvalue weighted by atomic mass is 10.2. The fraction of sp³-hybridized carbons (Fsp3) is 0.286. The van der Waals surface area contributed by atoms with Crippen LogP contribution in [0.4, 0.5) is 26.3 Å². The molecule has 0 aliphatic carbocycles. The molecule has 0 aromatic carbocycles. The number of nitrogens with one attached hydrogen (secondary N) is 1. The monoisotopic (exact) mass is 231 g/mol. The number of aromatic nitrogens is 1. The second-order valence-corrected chi connectivity index (χ2v) is 2.57. The van der Waals surface area contributed by atoms with Crippen molar-refractivity contribution in [3.05, 3.63) is 33.5 Å². The molecule has 0 unspecified atom stereocenters. The standard InChI is InChI=1S/C7H3F6NO/c8-2-1-3(15)14-5(6(9)10)4(2)7(11,12)13/h1,6H,(H,14,15). The molecule has 0 saturated heterocycles. The van der Waals surface area contributed by atoms with E-state index in [4.69, 9.17) is 0 Å². The van der Waals surface area contributed by atoms with Gasteiger partial charge in [-0.2, -0.15) is 13.2 Å². The average molecular weight is 231 g/mol. The van der Waals surface area contributed by atoms with Crippen molar-refractivity contribution in [3.8, 4) is 0 Å². The minimum absolute atomic E-state index is 0.0330. The summed E-state index contributed by atoms with van der Waals surface area (Å²) in [5.74, 6) is -2.01. The molecule has 0 bridgehead atoms. The average Bonchev–Trinajstić information content (AvgIpc) is 1.99. The maximum absolute atomic E-state index is 12.7. The van der Waals surface area contributed by atoms with Crippen LogP contribution in [0.3, 0.4) is 0 Å². The summed E-state index contributed by atoms with van der Waals surface area (Å²) in [4.78, 5) is 11.8. The fourth-order valence-corrected chi connectivity index (χ4v) is 0.999. The first-order valence-electron chi connectivity index (χ1n) is 3.51. The summed E-state index contributed by atoms with van der Waals surface area (Å²) in [6.45, 7) is 0. The van der Waals surface area contributed by atoms with Crippen LogP contribution in [0.2, 0.25) is 0 Å². The number of H-pyrrole nitrogens is 1. The van der Waals surface area contributed by atoms with Gasteiger partial charge in [0.1, 0.15) is 11.4 Å². The van der Waals surface area contributed by atoms with Gasteiger partial charge in [-0.25, -0.2) is 13.2 Å². The van der Waals surface area contributed by atoms with Crippen LogP contribution < -0.4 is 5.56 Å². The number of hydrogen-bond donors (Lipinski definition) is 1. The molecule has 1 heterocycles. The van der Waals surface area contributed by atoms with Crippen molar-refractivity contribution in [1.82, 2.24) is 4.98 Å². The SMILES string of the molecule is O=c1cc(F)c(C(F)(F)F)c(C(F)F)[nH]1. The van der Waals surface area contributed by atoms with Crippen LogP contribution in [0.1, 0.15) is 17.7 Å². The van der Waals surface area contributed by atoms with E-state index in [2.05, 4.69) is 0 Å². The fourth-order valence-electron chi connectivity index (χ4n) is 0.999. The minimum Gasteiger partial charge on any atom is -0.320 e. The Kier molecular flexibility index (Phi) is 2.78. The molecule has 0 radical (unpaired) electrons. The third kappa shape index (κ3) is 2.31. The van der Waals surface area contributed by atoms with Crippen LogP contribution in [0.25, 0.3) is 0 Å². The summed E-state index contributed by atoms with van der Waals surface area (Å²) in [5, 5.41) is 0. The van der Waals surface area contributed by atoms with Gasteiger partial charge in [0.15, 0.2) is 0 Å².